The van der Waals surface area contributed by atoms with Crippen LogP contribution in [0.15, 0.2) is 170 Å². The van der Waals surface area contributed by atoms with E-state index < -0.39 is 8.07 Å². The highest BCUT2D eigenvalue weighted by atomic mass is 28.3. The minimum absolute atomic E-state index is 0.304. The molecule has 0 radical (unpaired) electrons. The highest BCUT2D eigenvalue weighted by Crippen LogP contribution is 2.36. The highest BCUT2D eigenvalue weighted by Gasteiger charge is 2.43. The number of fused-ring (bicyclic) bond motifs is 3. The van der Waals surface area contributed by atoms with Gasteiger partial charge < -0.3 is 4.57 Å². The van der Waals surface area contributed by atoms with Crippen molar-refractivity contribution in [2.75, 3.05) is 0 Å². The van der Waals surface area contributed by atoms with Crippen molar-refractivity contribution in [3.63, 3.8) is 0 Å². The summed E-state index contributed by atoms with van der Waals surface area (Å²) < 4.78 is 2.06. The van der Waals surface area contributed by atoms with E-state index in [1.165, 1.54) is 20.7 Å². The number of nitriles is 3. The summed E-state index contributed by atoms with van der Waals surface area (Å²) in [4.78, 5) is 0. The van der Waals surface area contributed by atoms with Crippen LogP contribution in [0.2, 0.25) is 0 Å². The molecule has 4 nitrogen and oxygen atoms in total. The summed E-state index contributed by atoms with van der Waals surface area (Å²) in [6.07, 6.45) is 0. The minimum atomic E-state index is -2.94. The fourth-order valence-electron chi connectivity index (χ4n) is 7.56. The maximum Gasteiger partial charge on any atom is 0.180 e. The molecular formula is C45H28N4Si. The zero-order valence-electron chi connectivity index (χ0n) is 27.0. The second-order valence-electron chi connectivity index (χ2n) is 12.2. The van der Waals surface area contributed by atoms with Crippen LogP contribution in [0.1, 0.15) is 16.7 Å². The molecule has 0 spiro atoms. The van der Waals surface area contributed by atoms with Gasteiger partial charge in [0.2, 0.25) is 0 Å². The molecule has 0 fully saturated rings. The van der Waals surface area contributed by atoms with E-state index in [4.69, 9.17) is 0 Å². The van der Waals surface area contributed by atoms with Crippen LogP contribution in [0.25, 0.3) is 38.6 Å². The largest absolute Gasteiger partial charge is 0.308 e. The second-order valence-corrected chi connectivity index (χ2v) is 16.0. The van der Waals surface area contributed by atoms with E-state index in [0.29, 0.717) is 22.4 Å². The fourth-order valence-corrected chi connectivity index (χ4v) is 12.5. The maximum atomic E-state index is 10.6. The van der Waals surface area contributed by atoms with Gasteiger partial charge in [-0.3, -0.25) is 0 Å². The van der Waals surface area contributed by atoms with Crippen LogP contribution >= 0.6 is 0 Å². The molecule has 0 aliphatic heterocycles. The number of rotatable bonds is 6. The van der Waals surface area contributed by atoms with Crippen LogP contribution in [0, 0.1) is 34.0 Å². The lowest BCUT2D eigenvalue weighted by Gasteiger charge is -2.36. The van der Waals surface area contributed by atoms with Crippen molar-refractivity contribution in [3.05, 3.63) is 187 Å². The molecule has 0 saturated heterocycles. The van der Waals surface area contributed by atoms with Crippen LogP contribution < -0.4 is 20.7 Å². The van der Waals surface area contributed by atoms with Gasteiger partial charge in [0.15, 0.2) is 8.07 Å². The number of para-hydroxylation sites is 1. The number of benzene rings is 7. The van der Waals surface area contributed by atoms with Gasteiger partial charge in [-0.25, -0.2) is 0 Å². The smallest absolute Gasteiger partial charge is 0.180 e. The van der Waals surface area contributed by atoms with E-state index >= 15 is 0 Å². The van der Waals surface area contributed by atoms with Gasteiger partial charge in [0.1, 0.15) is 12.1 Å². The molecule has 5 heteroatoms. The molecular weight excluding hydrogens is 625 g/mol. The van der Waals surface area contributed by atoms with Crippen LogP contribution in [0.3, 0.4) is 0 Å². The zero-order valence-corrected chi connectivity index (χ0v) is 28.0. The van der Waals surface area contributed by atoms with Gasteiger partial charge >= 0.3 is 0 Å². The molecule has 8 aromatic rings. The Balaban J connectivity index is 1.49. The second kappa shape index (κ2) is 12.6. The van der Waals surface area contributed by atoms with Crippen molar-refractivity contribution in [2.45, 2.75) is 0 Å². The van der Waals surface area contributed by atoms with Gasteiger partial charge in [-0.2, -0.15) is 15.8 Å². The van der Waals surface area contributed by atoms with E-state index in [2.05, 4.69) is 138 Å². The quantitative estimate of drug-likeness (QED) is 0.138. The minimum Gasteiger partial charge on any atom is -0.308 e. The van der Waals surface area contributed by atoms with E-state index in [9.17, 15) is 15.8 Å². The highest BCUT2D eigenvalue weighted by molar-refractivity contribution is 7.20. The maximum absolute atomic E-state index is 10.6. The third kappa shape index (κ3) is 4.72. The Bertz CT molecular complexity index is 2580. The Morgan fingerprint density at radius 3 is 1.62 bits per heavy atom. The Kier molecular flexibility index (Phi) is 7.63. The lowest BCUT2D eigenvalue weighted by Crippen LogP contribution is -2.75. The molecule has 232 valence electrons. The average molecular weight is 653 g/mol. The first-order valence-corrected chi connectivity index (χ1v) is 18.4. The van der Waals surface area contributed by atoms with Crippen molar-refractivity contribution in [1.29, 1.82) is 15.8 Å². The van der Waals surface area contributed by atoms with Crippen LogP contribution in [0.4, 0.5) is 0 Å². The summed E-state index contributed by atoms with van der Waals surface area (Å²) in [5.74, 6) is 0. The number of aromatic nitrogens is 1. The summed E-state index contributed by atoms with van der Waals surface area (Å²) in [7, 11) is -2.94. The van der Waals surface area contributed by atoms with Gasteiger partial charge in [0.25, 0.3) is 0 Å². The lowest BCUT2D eigenvalue weighted by molar-refractivity contribution is 1.16. The third-order valence-electron chi connectivity index (χ3n) is 9.65. The lowest BCUT2D eigenvalue weighted by atomic mass is 9.97. The molecule has 1 aromatic heterocycles. The molecule has 0 aliphatic carbocycles. The van der Waals surface area contributed by atoms with Crippen LogP contribution in [0.5, 0.6) is 0 Å². The normalized spacial score (nSPS) is 11.1. The molecule has 8 rings (SSSR count). The molecule has 0 N–H and O–H groups in total. The van der Waals surface area contributed by atoms with Crippen molar-refractivity contribution in [2.24, 2.45) is 0 Å². The molecule has 0 bridgehead atoms. The first-order chi connectivity index (χ1) is 24.7. The Labute approximate surface area is 291 Å². The van der Waals surface area contributed by atoms with E-state index in [1.54, 1.807) is 6.07 Å². The first-order valence-electron chi connectivity index (χ1n) is 16.4. The third-order valence-corrected chi connectivity index (χ3v) is 14.5. The number of nitrogens with zero attached hydrogens (tertiary/aromatic N) is 4. The SMILES string of the molecule is N#Cc1ccc2c(c1)c1ccccc1n2-c1cc(-c2ccccc2[Si](c2ccccc2)(c2ccccc2)c2ccccc2)cc(C#N)c1C#N. The number of hydrogen-bond donors (Lipinski definition) is 0. The Hall–Kier alpha value is -6.97. The molecule has 0 atom stereocenters. The topological polar surface area (TPSA) is 76.3 Å². The van der Waals surface area contributed by atoms with E-state index in [1.807, 2.05) is 48.5 Å². The van der Waals surface area contributed by atoms with Gasteiger partial charge in [-0.05, 0) is 68.3 Å². The Morgan fingerprint density at radius 2 is 1.02 bits per heavy atom. The Morgan fingerprint density at radius 1 is 0.460 bits per heavy atom. The van der Waals surface area contributed by atoms with Crippen LogP contribution in [-0.2, 0) is 0 Å². The van der Waals surface area contributed by atoms with Gasteiger partial charge in [0, 0.05) is 10.8 Å². The van der Waals surface area contributed by atoms with Crippen molar-refractivity contribution < 1.29 is 0 Å². The van der Waals surface area contributed by atoms with Gasteiger partial charge in [-0.1, -0.05) is 133 Å². The van der Waals surface area contributed by atoms with Crippen molar-refractivity contribution >= 4 is 50.6 Å². The standard InChI is InChI=1S/C45H28N4Si/c46-29-32-24-25-43-40(26-32)39-21-10-12-22-42(39)49(43)44-28-33(27-34(30-47)41(44)31-48)38-20-11-13-23-45(38)50(35-14-4-1-5-15-35,36-16-6-2-7-17-36)37-18-8-3-9-19-37/h1-28H. The zero-order chi connectivity index (χ0) is 34.1. The molecule has 0 aliphatic rings. The van der Waals surface area contributed by atoms with Crippen LogP contribution in [-0.4, -0.2) is 12.6 Å². The predicted molar refractivity (Wildman–Crippen MR) is 204 cm³/mol. The molecule has 0 unspecified atom stereocenters. The van der Waals surface area contributed by atoms with E-state index in [0.717, 1.165) is 32.9 Å². The summed E-state index contributed by atoms with van der Waals surface area (Å²) >= 11 is 0. The monoisotopic (exact) mass is 652 g/mol. The van der Waals surface area contributed by atoms with Crippen molar-refractivity contribution in [3.8, 4) is 35.0 Å². The summed E-state index contributed by atoms with van der Waals surface area (Å²) in [5, 5.41) is 37.7. The van der Waals surface area contributed by atoms with E-state index in [-0.39, 0.29) is 0 Å². The van der Waals surface area contributed by atoms with Gasteiger partial charge in [0.05, 0.1) is 39.5 Å². The average Bonchev–Trinajstić information content (AvgIpc) is 3.52. The molecule has 7 aromatic carbocycles. The summed E-state index contributed by atoms with van der Waals surface area (Å²) in [5.41, 5.74) is 5.40. The first kappa shape index (κ1) is 30.4. The molecule has 50 heavy (non-hydrogen) atoms. The summed E-state index contributed by atoms with van der Waals surface area (Å²) in [6.45, 7) is 0. The van der Waals surface area contributed by atoms with Gasteiger partial charge in [-0.15, -0.1) is 0 Å². The van der Waals surface area contributed by atoms with Crippen molar-refractivity contribution in [1.82, 2.24) is 4.57 Å². The fraction of sp³-hybridized carbons (Fsp3) is 0. The summed E-state index contributed by atoms with van der Waals surface area (Å²) in [6, 6.07) is 65.3. The molecule has 1 heterocycles. The number of hydrogen-bond acceptors (Lipinski definition) is 3. The predicted octanol–water partition coefficient (Wildman–Crippen LogP) is 7.44. The molecule has 0 amide bonds. The molecule has 0 saturated carbocycles.